The second kappa shape index (κ2) is 12.7. The Morgan fingerprint density at radius 1 is 0.895 bits per heavy atom. The maximum Gasteiger partial charge on any atom is 0.481 e. The third-order valence-corrected chi connectivity index (χ3v) is 7.17. The fraction of sp³-hybridized carbons (Fsp3) is 0.517. The summed E-state index contributed by atoms with van der Waals surface area (Å²) >= 11 is 0. The van der Waals surface area contributed by atoms with Crippen molar-refractivity contribution in [3.05, 3.63) is 65.7 Å². The predicted molar refractivity (Wildman–Crippen MR) is 150 cm³/mol. The molecule has 3 N–H and O–H groups in total. The maximum absolute atomic E-state index is 13.2. The number of benzene rings is 2. The van der Waals surface area contributed by atoms with Gasteiger partial charge in [0, 0.05) is 13.0 Å². The van der Waals surface area contributed by atoms with Gasteiger partial charge in [-0.2, -0.15) is 0 Å². The number of hydrogen-bond donors (Lipinski definition) is 3. The molecule has 1 heterocycles. The molecule has 0 aromatic heterocycles. The summed E-state index contributed by atoms with van der Waals surface area (Å²) in [6.07, 6.45) is 1.02. The Balaban J connectivity index is 1.70. The Morgan fingerprint density at radius 3 is 2.05 bits per heavy atom. The van der Waals surface area contributed by atoms with Crippen LogP contribution in [0.3, 0.4) is 0 Å². The van der Waals surface area contributed by atoms with Crippen LogP contribution in [0.15, 0.2) is 54.6 Å². The van der Waals surface area contributed by atoms with Gasteiger partial charge in [0.05, 0.1) is 24.3 Å². The molecule has 0 bridgehead atoms. The van der Waals surface area contributed by atoms with Crippen molar-refractivity contribution in [1.82, 2.24) is 16.0 Å². The minimum Gasteiger partial charge on any atom is -0.497 e. The summed E-state index contributed by atoms with van der Waals surface area (Å²) in [4.78, 5) is 26.5. The fourth-order valence-corrected chi connectivity index (χ4v) is 4.28. The highest BCUT2D eigenvalue weighted by Gasteiger charge is 2.54. The highest BCUT2D eigenvalue weighted by molar-refractivity contribution is 6.48. The van der Waals surface area contributed by atoms with Gasteiger partial charge in [0.15, 0.2) is 0 Å². The lowest BCUT2D eigenvalue weighted by Crippen LogP contribution is -2.56. The van der Waals surface area contributed by atoms with Crippen molar-refractivity contribution in [2.75, 3.05) is 7.11 Å². The van der Waals surface area contributed by atoms with Crippen LogP contribution in [0, 0.1) is 5.92 Å². The zero-order valence-electron chi connectivity index (χ0n) is 23.7. The molecule has 9 heteroatoms. The molecule has 1 aliphatic heterocycles. The van der Waals surface area contributed by atoms with E-state index in [1.165, 1.54) is 0 Å². The third-order valence-electron chi connectivity index (χ3n) is 7.17. The lowest BCUT2D eigenvalue weighted by atomic mass is 9.74. The smallest absolute Gasteiger partial charge is 0.481 e. The van der Waals surface area contributed by atoms with E-state index in [1.54, 1.807) is 7.11 Å². The molecule has 0 aliphatic carbocycles. The normalized spacial score (nSPS) is 17.5. The second-order valence-electron chi connectivity index (χ2n) is 11.3. The molecule has 2 atom stereocenters. The molecule has 206 valence electrons. The van der Waals surface area contributed by atoms with E-state index in [2.05, 4.69) is 29.8 Å². The van der Waals surface area contributed by atoms with Gasteiger partial charge in [-0.1, -0.05) is 56.3 Å². The average molecular weight is 523 g/mol. The Hall–Kier alpha value is -3.04. The first-order chi connectivity index (χ1) is 17.9. The van der Waals surface area contributed by atoms with Crippen LogP contribution < -0.4 is 20.7 Å². The summed E-state index contributed by atoms with van der Waals surface area (Å²) in [6, 6.07) is 15.9. The molecule has 1 aliphatic rings. The van der Waals surface area contributed by atoms with E-state index >= 15 is 0 Å². The molecule has 38 heavy (non-hydrogen) atoms. The second-order valence-corrected chi connectivity index (χ2v) is 11.3. The molecule has 2 aromatic carbocycles. The van der Waals surface area contributed by atoms with Gasteiger partial charge in [-0.05, 0) is 63.3 Å². The van der Waals surface area contributed by atoms with Gasteiger partial charge >= 0.3 is 13.1 Å². The molecule has 0 radical (unpaired) electrons. The van der Waals surface area contributed by atoms with Gasteiger partial charge < -0.3 is 30.0 Å². The van der Waals surface area contributed by atoms with Crippen molar-refractivity contribution >= 4 is 19.1 Å². The molecule has 2 aromatic rings. The number of carbonyl (C=O) groups is 2. The van der Waals surface area contributed by atoms with Gasteiger partial charge in [0.1, 0.15) is 11.8 Å². The Labute approximate surface area is 227 Å². The minimum absolute atomic E-state index is 0.268. The summed E-state index contributed by atoms with van der Waals surface area (Å²) in [7, 11) is 1.02. The van der Waals surface area contributed by atoms with Crippen molar-refractivity contribution in [1.29, 1.82) is 0 Å². The molecule has 0 saturated carbocycles. The molecule has 1 fully saturated rings. The monoisotopic (exact) mass is 523 g/mol. The van der Waals surface area contributed by atoms with E-state index in [-0.39, 0.29) is 11.8 Å². The summed E-state index contributed by atoms with van der Waals surface area (Å²) in [6.45, 7) is 12.5. The fourth-order valence-electron chi connectivity index (χ4n) is 4.28. The van der Waals surface area contributed by atoms with E-state index in [9.17, 15) is 9.59 Å². The highest BCUT2D eigenvalue weighted by Crippen LogP contribution is 2.38. The van der Waals surface area contributed by atoms with Gasteiger partial charge in [0.25, 0.3) is 0 Å². The SMILES string of the molecule is COc1ccc(CNC(=O)C(Cc2ccccc2)NC(=O)NC(CC(C)C)B2OC(C)(C)C(C)(C)O2)cc1. The van der Waals surface area contributed by atoms with E-state index in [0.29, 0.717) is 25.3 Å². The molecule has 1 saturated heterocycles. The van der Waals surface area contributed by atoms with Gasteiger partial charge in [0.2, 0.25) is 5.91 Å². The Morgan fingerprint density at radius 2 is 1.50 bits per heavy atom. The third kappa shape index (κ3) is 7.98. The van der Waals surface area contributed by atoms with Crippen LogP contribution >= 0.6 is 0 Å². The number of amides is 3. The number of urea groups is 1. The zero-order valence-corrected chi connectivity index (χ0v) is 23.7. The highest BCUT2D eigenvalue weighted by atomic mass is 16.7. The summed E-state index contributed by atoms with van der Waals surface area (Å²) in [5.41, 5.74) is 0.853. The van der Waals surface area contributed by atoms with Crippen LogP contribution in [0.1, 0.15) is 59.1 Å². The molecule has 2 unspecified atom stereocenters. The van der Waals surface area contributed by atoms with E-state index in [4.69, 9.17) is 14.0 Å². The summed E-state index contributed by atoms with van der Waals surface area (Å²) < 4.78 is 17.7. The lowest BCUT2D eigenvalue weighted by molar-refractivity contribution is -0.123. The van der Waals surface area contributed by atoms with Crippen LogP contribution in [-0.4, -0.2) is 49.4 Å². The largest absolute Gasteiger partial charge is 0.497 e. The molecular formula is C29H42BN3O5. The van der Waals surface area contributed by atoms with Crippen LogP contribution in [-0.2, 0) is 27.1 Å². The number of ether oxygens (including phenoxy) is 1. The Kier molecular flexibility index (Phi) is 9.85. The topological polar surface area (TPSA) is 97.9 Å². The van der Waals surface area contributed by atoms with Gasteiger partial charge in [-0.3, -0.25) is 4.79 Å². The molecule has 8 nitrogen and oxygen atoms in total. The van der Waals surface area contributed by atoms with Crippen LogP contribution in [0.25, 0.3) is 0 Å². The molecule has 3 amide bonds. The minimum atomic E-state index is -0.770. The van der Waals surface area contributed by atoms with Crippen LogP contribution in [0.2, 0.25) is 0 Å². The van der Waals surface area contributed by atoms with Gasteiger partial charge in [-0.25, -0.2) is 4.79 Å². The molecule has 3 rings (SSSR count). The van der Waals surface area contributed by atoms with E-state index in [1.807, 2.05) is 82.3 Å². The first-order valence-corrected chi connectivity index (χ1v) is 13.3. The Bertz CT molecular complexity index is 1040. The van der Waals surface area contributed by atoms with Crippen molar-refractivity contribution < 1.29 is 23.6 Å². The number of nitrogens with one attached hydrogen (secondary N) is 3. The number of methoxy groups -OCH3 is 1. The average Bonchev–Trinajstić information content (AvgIpc) is 3.09. The van der Waals surface area contributed by atoms with Crippen LogP contribution in [0.5, 0.6) is 5.75 Å². The summed E-state index contributed by atoms with van der Waals surface area (Å²) in [5, 5.41) is 8.88. The first-order valence-electron chi connectivity index (χ1n) is 13.3. The summed E-state index contributed by atoms with van der Waals surface area (Å²) in [5.74, 6) is 0.400. The van der Waals surface area contributed by atoms with Crippen LogP contribution in [0.4, 0.5) is 4.79 Å². The molecular weight excluding hydrogens is 481 g/mol. The number of rotatable bonds is 11. The first kappa shape index (κ1) is 29.5. The van der Waals surface area contributed by atoms with Crippen molar-refractivity contribution in [2.24, 2.45) is 5.92 Å². The van der Waals surface area contributed by atoms with Crippen molar-refractivity contribution in [3.63, 3.8) is 0 Å². The maximum atomic E-state index is 13.2. The van der Waals surface area contributed by atoms with Crippen molar-refractivity contribution in [2.45, 2.75) is 84.1 Å². The zero-order chi connectivity index (χ0) is 27.9. The standard InChI is InChI=1S/C29H42BN3O5/c1-20(2)17-25(30-37-28(3,4)29(5,6)38-30)33-27(35)32-24(18-21-11-9-8-10-12-21)26(34)31-19-22-13-15-23(36-7)16-14-22/h8-16,20,24-25H,17-19H2,1-7H3,(H,31,34)(H2,32,33,35). The van der Waals surface area contributed by atoms with Gasteiger partial charge in [-0.15, -0.1) is 0 Å². The number of hydrogen-bond acceptors (Lipinski definition) is 5. The quantitative estimate of drug-likeness (QED) is 0.383. The van der Waals surface area contributed by atoms with Crippen molar-refractivity contribution in [3.8, 4) is 5.75 Å². The molecule has 0 spiro atoms. The predicted octanol–water partition coefficient (Wildman–Crippen LogP) is 4.27. The lowest BCUT2D eigenvalue weighted by Gasteiger charge is -2.32. The van der Waals surface area contributed by atoms with E-state index in [0.717, 1.165) is 16.9 Å². The van der Waals surface area contributed by atoms with E-state index < -0.39 is 30.4 Å². The number of carbonyl (C=O) groups excluding carboxylic acids is 2.